The number of benzene rings is 1. The van der Waals surface area contributed by atoms with Gasteiger partial charge in [-0.2, -0.15) is 0 Å². The Labute approximate surface area is 121 Å². The molecule has 2 rings (SSSR count). The minimum Gasteiger partial charge on any atom is -0.377 e. The summed E-state index contributed by atoms with van der Waals surface area (Å²) in [6, 6.07) is 9.05. The average Bonchev–Trinajstić information content (AvgIpc) is 2.81. The molecule has 1 unspecified atom stereocenters. The van der Waals surface area contributed by atoms with Crippen LogP contribution in [0.15, 0.2) is 30.5 Å². The van der Waals surface area contributed by atoms with Crippen molar-refractivity contribution in [3.63, 3.8) is 0 Å². The minimum absolute atomic E-state index is 0.250. The van der Waals surface area contributed by atoms with Crippen LogP contribution in [0.5, 0.6) is 0 Å². The van der Waals surface area contributed by atoms with Crippen LogP contribution in [-0.2, 0) is 17.7 Å². The first-order valence-electron chi connectivity index (χ1n) is 7.55. The lowest BCUT2D eigenvalue weighted by Crippen LogP contribution is -2.21. The van der Waals surface area contributed by atoms with Gasteiger partial charge >= 0.3 is 0 Å². The van der Waals surface area contributed by atoms with Crippen LogP contribution in [0.3, 0.4) is 0 Å². The normalized spacial score (nSPS) is 13.2. The lowest BCUT2D eigenvalue weighted by Gasteiger charge is -2.11. The van der Waals surface area contributed by atoms with Crippen LogP contribution in [0.25, 0.3) is 10.9 Å². The lowest BCUT2D eigenvalue weighted by atomic mass is 10.0. The van der Waals surface area contributed by atoms with Gasteiger partial charge in [0.2, 0.25) is 0 Å². The van der Waals surface area contributed by atoms with E-state index in [9.17, 15) is 0 Å². The van der Waals surface area contributed by atoms with E-state index in [2.05, 4.69) is 55.8 Å². The van der Waals surface area contributed by atoms with E-state index < -0.39 is 0 Å². The van der Waals surface area contributed by atoms with Crippen molar-refractivity contribution < 1.29 is 4.74 Å². The van der Waals surface area contributed by atoms with Crippen LogP contribution < -0.4 is 5.73 Å². The zero-order chi connectivity index (χ0) is 14.5. The number of rotatable bonds is 7. The van der Waals surface area contributed by atoms with Gasteiger partial charge in [0.15, 0.2) is 0 Å². The van der Waals surface area contributed by atoms with Crippen molar-refractivity contribution in [1.82, 2.24) is 4.57 Å². The third kappa shape index (κ3) is 3.84. The Hall–Kier alpha value is -1.32. The Balaban J connectivity index is 2.13. The molecule has 20 heavy (non-hydrogen) atoms. The molecule has 3 heteroatoms. The van der Waals surface area contributed by atoms with Gasteiger partial charge in [0.1, 0.15) is 0 Å². The van der Waals surface area contributed by atoms with Gasteiger partial charge in [-0.15, -0.1) is 0 Å². The molecule has 1 atom stereocenters. The Morgan fingerprint density at radius 2 is 2.05 bits per heavy atom. The number of hydrogen-bond acceptors (Lipinski definition) is 2. The van der Waals surface area contributed by atoms with E-state index in [1.807, 2.05) is 0 Å². The van der Waals surface area contributed by atoms with Gasteiger partial charge in [-0.05, 0) is 49.8 Å². The Kier molecular flexibility index (Phi) is 5.21. The van der Waals surface area contributed by atoms with Gasteiger partial charge in [-0.1, -0.05) is 19.1 Å². The first kappa shape index (κ1) is 15.1. The highest BCUT2D eigenvalue weighted by Gasteiger charge is 2.06. The standard InChI is InChI=1S/C17H26N2O/c1-4-16(18)11-14-5-6-15-7-8-19(17(15)12-14)9-10-20-13(2)3/h5-8,12-13,16H,4,9-11,18H2,1-3H3. The first-order chi connectivity index (χ1) is 9.60. The molecule has 0 saturated heterocycles. The average molecular weight is 274 g/mol. The van der Waals surface area contributed by atoms with E-state index in [1.165, 1.54) is 16.5 Å². The molecule has 0 fully saturated rings. The SMILES string of the molecule is CCC(N)Cc1ccc2ccn(CCOC(C)C)c2c1. The summed E-state index contributed by atoms with van der Waals surface area (Å²) in [6.07, 6.45) is 4.38. The summed E-state index contributed by atoms with van der Waals surface area (Å²) in [4.78, 5) is 0. The molecule has 1 heterocycles. The van der Waals surface area contributed by atoms with Crippen LogP contribution in [0.4, 0.5) is 0 Å². The highest BCUT2D eigenvalue weighted by atomic mass is 16.5. The summed E-state index contributed by atoms with van der Waals surface area (Å²) in [7, 11) is 0. The first-order valence-corrected chi connectivity index (χ1v) is 7.55. The second-order valence-electron chi connectivity index (χ2n) is 5.69. The van der Waals surface area contributed by atoms with Gasteiger partial charge in [0, 0.05) is 24.3 Å². The fraction of sp³-hybridized carbons (Fsp3) is 0.529. The van der Waals surface area contributed by atoms with Crippen LogP contribution >= 0.6 is 0 Å². The summed E-state index contributed by atoms with van der Waals surface area (Å²) in [5.74, 6) is 0. The number of aromatic nitrogens is 1. The summed E-state index contributed by atoms with van der Waals surface area (Å²) in [6.45, 7) is 7.91. The van der Waals surface area contributed by atoms with E-state index in [-0.39, 0.29) is 12.1 Å². The molecule has 0 amide bonds. The second-order valence-corrected chi connectivity index (χ2v) is 5.69. The topological polar surface area (TPSA) is 40.2 Å². The van der Waals surface area contributed by atoms with E-state index in [4.69, 9.17) is 10.5 Å². The molecule has 2 N–H and O–H groups in total. The van der Waals surface area contributed by atoms with Crippen molar-refractivity contribution in [2.45, 2.75) is 52.3 Å². The van der Waals surface area contributed by atoms with Crippen LogP contribution in [0.2, 0.25) is 0 Å². The summed E-state index contributed by atoms with van der Waals surface area (Å²) in [5, 5.41) is 1.28. The summed E-state index contributed by atoms with van der Waals surface area (Å²) >= 11 is 0. The molecule has 0 aliphatic carbocycles. The maximum atomic E-state index is 6.05. The predicted molar refractivity (Wildman–Crippen MR) is 85.0 cm³/mol. The highest BCUT2D eigenvalue weighted by molar-refractivity contribution is 5.80. The molecule has 0 saturated carbocycles. The third-order valence-electron chi connectivity index (χ3n) is 3.64. The van der Waals surface area contributed by atoms with Crippen molar-refractivity contribution in [3.05, 3.63) is 36.0 Å². The minimum atomic E-state index is 0.250. The third-order valence-corrected chi connectivity index (χ3v) is 3.64. The molecule has 1 aromatic heterocycles. The highest BCUT2D eigenvalue weighted by Crippen LogP contribution is 2.19. The number of ether oxygens (including phenoxy) is 1. The number of fused-ring (bicyclic) bond motifs is 1. The van der Waals surface area contributed by atoms with Crippen LogP contribution in [0, 0.1) is 0 Å². The summed E-state index contributed by atoms with van der Waals surface area (Å²) in [5.41, 5.74) is 8.64. The lowest BCUT2D eigenvalue weighted by molar-refractivity contribution is 0.0733. The van der Waals surface area contributed by atoms with Gasteiger partial charge < -0.3 is 15.0 Å². The number of nitrogens with two attached hydrogens (primary N) is 1. The Morgan fingerprint density at radius 3 is 2.75 bits per heavy atom. The van der Waals surface area contributed by atoms with Gasteiger partial charge in [-0.3, -0.25) is 0 Å². The van der Waals surface area contributed by atoms with Crippen LogP contribution in [-0.4, -0.2) is 23.3 Å². The van der Waals surface area contributed by atoms with Crippen LogP contribution in [0.1, 0.15) is 32.8 Å². The Morgan fingerprint density at radius 1 is 1.25 bits per heavy atom. The molecule has 1 aromatic carbocycles. The molecular formula is C17H26N2O. The predicted octanol–water partition coefficient (Wildman–Crippen LogP) is 3.35. The Bertz CT molecular complexity index is 545. The smallest absolute Gasteiger partial charge is 0.0649 e. The molecule has 2 aromatic rings. The molecule has 0 aliphatic heterocycles. The van der Waals surface area contributed by atoms with Crippen molar-refractivity contribution in [3.8, 4) is 0 Å². The number of hydrogen-bond donors (Lipinski definition) is 1. The maximum Gasteiger partial charge on any atom is 0.0649 e. The maximum absolute atomic E-state index is 6.05. The summed E-state index contributed by atoms with van der Waals surface area (Å²) < 4.78 is 7.90. The van der Waals surface area contributed by atoms with Crippen molar-refractivity contribution in [2.24, 2.45) is 5.73 Å². The fourth-order valence-electron chi connectivity index (χ4n) is 2.39. The molecule has 0 spiro atoms. The van der Waals surface area contributed by atoms with Crippen molar-refractivity contribution in [1.29, 1.82) is 0 Å². The molecule has 110 valence electrons. The van der Waals surface area contributed by atoms with Gasteiger partial charge in [0.05, 0.1) is 12.7 Å². The van der Waals surface area contributed by atoms with Crippen molar-refractivity contribution in [2.75, 3.05) is 6.61 Å². The molecule has 0 radical (unpaired) electrons. The van der Waals surface area contributed by atoms with E-state index >= 15 is 0 Å². The molecular weight excluding hydrogens is 248 g/mol. The van der Waals surface area contributed by atoms with Gasteiger partial charge in [-0.25, -0.2) is 0 Å². The number of nitrogens with zero attached hydrogens (tertiary/aromatic N) is 1. The van der Waals surface area contributed by atoms with Gasteiger partial charge in [0.25, 0.3) is 0 Å². The van der Waals surface area contributed by atoms with E-state index in [1.54, 1.807) is 0 Å². The largest absolute Gasteiger partial charge is 0.377 e. The zero-order valence-corrected chi connectivity index (χ0v) is 12.8. The van der Waals surface area contributed by atoms with Crippen molar-refractivity contribution >= 4 is 10.9 Å². The molecule has 0 aliphatic rings. The molecule has 0 bridgehead atoms. The molecule has 3 nitrogen and oxygen atoms in total. The van der Waals surface area contributed by atoms with E-state index in [0.29, 0.717) is 0 Å². The van der Waals surface area contributed by atoms with E-state index in [0.717, 1.165) is 26.0 Å². The zero-order valence-electron chi connectivity index (χ0n) is 12.8. The monoisotopic (exact) mass is 274 g/mol. The second kappa shape index (κ2) is 6.91. The quantitative estimate of drug-likeness (QED) is 0.841. The fourth-order valence-corrected chi connectivity index (χ4v) is 2.39.